The lowest BCUT2D eigenvalue weighted by Gasteiger charge is -2.14. The van der Waals surface area contributed by atoms with Crippen molar-refractivity contribution in [1.82, 2.24) is 5.32 Å². The van der Waals surface area contributed by atoms with Gasteiger partial charge in [-0.1, -0.05) is 12.1 Å². The number of hydrogen-bond acceptors (Lipinski definition) is 2. The van der Waals surface area contributed by atoms with Crippen molar-refractivity contribution >= 4 is 0 Å². The molecule has 0 amide bonds. The van der Waals surface area contributed by atoms with E-state index in [4.69, 9.17) is 4.74 Å². The average Bonchev–Trinajstić information content (AvgIpc) is 2.64. The highest BCUT2D eigenvalue weighted by molar-refractivity contribution is 5.33. The topological polar surface area (TPSA) is 21.3 Å². The molecule has 0 radical (unpaired) electrons. The SMILES string of the molecule is Cc1cccc(F)c1OC1CCNC1. The Balaban J connectivity index is 2.14. The van der Waals surface area contributed by atoms with Gasteiger partial charge in [-0.15, -0.1) is 0 Å². The maximum Gasteiger partial charge on any atom is 0.165 e. The van der Waals surface area contributed by atoms with Gasteiger partial charge < -0.3 is 10.1 Å². The van der Waals surface area contributed by atoms with Crippen LogP contribution in [0.1, 0.15) is 12.0 Å². The third kappa shape index (κ3) is 1.87. The number of hydrogen-bond donors (Lipinski definition) is 1. The largest absolute Gasteiger partial charge is 0.486 e. The lowest BCUT2D eigenvalue weighted by molar-refractivity contribution is 0.211. The highest BCUT2D eigenvalue weighted by Crippen LogP contribution is 2.23. The lowest BCUT2D eigenvalue weighted by atomic mass is 10.2. The molecule has 1 atom stereocenters. The quantitative estimate of drug-likeness (QED) is 0.778. The first-order valence-corrected chi connectivity index (χ1v) is 4.90. The van der Waals surface area contributed by atoms with Crippen molar-refractivity contribution in [3.8, 4) is 5.75 Å². The molecule has 0 bridgehead atoms. The van der Waals surface area contributed by atoms with Gasteiger partial charge in [-0.2, -0.15) is 0 Å². The second-order valence-corrected chi connectivity index (χ2v) is 3.62. The second kappa shape index (κ2) is 3.96. The first-order valence-electron chi connectivity index (χ1n) is 4.90. The number of para-hydroxylation sites is 1. The fraction of sp³-hybridized carbons (Fsp3) is 0.455. The number of halogens is 1. The Labute approximate surface area is 83.1 Å². The van der Waals surface area contributed by atoms with E-state index < -0.39 is 0 Å². The third-order valence-electron chi connectivity index (χ3n) is 2.46. The molecule has 1 heterocycles. The Kier molecular flexibility index (Phi) is 2.68. The van der Waals surface area contributed by atoms with Gasteiger partial charge in [0.15, 0.2) is 11.6 Å². The summed E-state index contributed by atoms with van der Waals surface area (Å²) in [7, 11) is 0. The molecule has 3 heteroatoms. The van der Waals surface area contributed by atoms with E-state index in [-0.39, 0.29) is 11.9 Å². The van der Waals surface area contributed by atoms with Crippen molar-refractivity contribution in [3.63, 3.8) is 0 Å². The minimum atomic E-state index is -0.267. The summed E-state index contributed by atoms with van der Waals surface area (Å²) < 4.78 is 19.0. The van der Waals surface area contributed by atoms with Crippen molar-refractivity contribution in [2.75, 3.05) is 13.1 Å². The minimum absolute atomic E-state index is 0.116. The van der Waals surface area contributed by atoms with Crippen molar-refractivity contribution in [3.05, 3.63) is 29.6 Å². The van der Waals surface area contributed by atoms with Gasteiger partial charge in [0.2, 0.25) is 0 Å². The van der Waals surface area contributed by atoms with Gasteiger partial charge in [0.1, 0.15) is 6.10 Å². The Hall–Kier alpha value is -1.09. The highest BCUT2D eigenvalue weighted by Gasteiger charge is 2.18. The minimum Gasteiger partial charge on any atom is -0.486 e. The van der Waals surface area contributed by atoms with E-state index in [1.54, 1.807) is 6.07 Å². The van der Waals surface area contributed by atoms with Gasteiger partial charge in [0, 0.05) is 6.54 Å². The maximum atomic E-state index is 13.4. The van der Waals surface area contributed by atoms with Gasteiger partial charge in [-0.05, 0) is 31.5 Å². The van der Waals surface area contributed by atoms with Crippen LogP contribution < -0.4 is 10.1 Å². The Morgan fingerprint density at radius 1 is 1.50 bits per heavy atom. The molecule has 0 aromatic heterocycles. The van der Waals surface area contributed by atoms with Crippen LogP contribution >= 0.6 is 0 Å². The predicted molar refractivity (Wildman–Crippen MR) is 53.0 cm³/mol. The van der Waals surface area contributed by atoms with E-state index in [0.717, 1.165) is 25.1 Å². The molecule has 1 aromatic rings. The van der Waals surface area contributed by atoms with E-state index in [1.807, 2.05) is 13.0 Å². The zero-order valence-electron chi connectivity index (χ0n) is 8.22. The summed E-state index contributed by atoms with van der Waals surface area (Å²) in [5.74, 6) is 0.137. The van der Waals surface area contributed by atoms with Crippen LogP contribution in [0, 0.1) is 12.7 Å². The van der Waals surface area contributed by atoms with Crippen LogP contribution in [0.5, 0.6) is 5.75 Å². The second-order valence-electron chi connectivity index (χ2n) is 3.62. The fourth-order valence-electron chi connectivity index (χ4n) is 1.66. The van der Waals surface area contributed by atoms with Crippen LogP contribution in [0.2, 0.25) is 0 Å². The molecule has 1 aliphatic rings. The standard InChI is InChI=1S/C11H14FNO/c1-8-3-2-4-10(12)11(8)14-9-5-6-13-7-9/h2-4,9,13H,5-7H2,1H3. The van der Waals surface area contributed by atoms with Gasteiger partial charge in [-0.25, -0.2) is 4.39 Å². The molecule has 1 aliphatic heterocycles. The van der Waals surface area contributed by atoms with Crippen LogP contribution in [0.15, 0.2) is 18.2 Å². The smallest absolute Gasteiger partial charge is 0.165 e. The molecule has 2 nitrogen and oxygen atoms in total. The Morgan fingerprint density at radius 2 is 2.36 bits per heavy atom. The third-order valence-corrected chi connectivity index (χ3v) is 2.46. The number of nitrogens with one attached hydrogen (secondary N) is 1. The average molecular weight is 195 g/mol. The summed E-state index contributed by atoms with van der Waals surface area (Å²) in [5, 5.41) is 3.18. The molecule has 76 valence electrons. The maximum absolute atomic E-state index is 13.4. The van der Waals surface area contributed by atoms with Crippen LogP contribution in [0.25, 0.3) is 0 Å². The van der Waals surface area contributed by atoms with Crippen LogP contribution in [0.4, 0.5) is 4.39 Å². The van der Waals surface area contributed by atoms with E-state index in [9.17, 15) is 4.39 Å². The Morgan fingerprint density at radius 3 is 3.00 bits per heavy atom. The zero-order valence-corrected chi connectivity index (χ0v) is 8.22. The van der Waals surface area contributed by atoms with Crippen molar-refractivity contribution in [2.45, 2.75) is 19.4 Å². The molecule has 2 rings (SSSR count). The Bertz CT molecular complexity index is 301. The molecule has 0 aliphatic carbocycles. The molecule has 0 saturated carbocycles. The summed E-state index contributed by atoms with van der Waals surface area (Å²) in [6, 6.07) is 5.00. The fourth-order valence-corrected chi connectivity index (χ4v) is 1.66. The zero-order chi connectivity index (χ0) is 9.97. The number of rotatable bonds is 2. The monoisotopic (exact) mass is 195 g/mol. The summed E-state index contributed by atoms with van der Waals surface area (Å²) in [6.45, 7) is 3.63. The van der Waals surface area contributed by atoms with E-state index in [1.165, 1.54) is 6.07 Å². The van der Waals surface area contributed by atoms with Crippen LogP contribution in [-0.4, -0.2) is 19.2 Å². The molecular weight excluding hydrogens is 181 g/mol. The number of aryl methyl sites for hydroxylation is 1. The molecule has 1 unspecified atom stereocenters. The molecule has 1 aromatic carbocycles. The van der Waals surface area contributed by atoms with Gasteiger partial charge in [0.05, 0.1) is 0 Å². The molecule has 1 fully saturated rings. The van der Waals surface area contributed by atoms with E-state index >= 15 is 0 Å². The van der Waals surface area contributed by atoms with Crippen molar-refractivity contribution < 1.29 is 9.13 Å². The van der Waals surface area contributed by atoms with Gasteiger partial charge in [0.25, 0.3) is 0 Å². The van der Waals surface area contributed by atoms with Crippen molar-refractivity contribution in [1.29, 1.82) is 0 Å². The molecule has 14 heavy (non-hydrogen) atoms. The van der Waals surface area contributed by atoms with Gasteiger partial charge >= 0.3 is 0 Å². The van der Waals surface area contributed by atoms with Crippen LogP contribution in [0.3, 0.4) is 0 Å². The number of ether oxygens (including phenoxy) is 1. The van der Waals surface area contributed by atoms with Crippen molar-refractivity contribution in [2.24, 2.45) is 0 Å². The van der Waals surface area contributed by atoms with Crippen LogP contribution in [-0.2, 0) is 0 Å². The molecular formula is C11H14FNO. The summed E-state index contributed by atoms with van der Waals surface area (Å²) in [4.78, 5) is 0. The summed E-state index contributed by atoms with van der Waals surface area (Å²) >= 11 is 0. The molecule has 0 spiro atoms. The summed E-state index contributed by atoms with van der Waals surface area (Å²) in [6.07, 6.45) is 1.07. The molecule has 1 N–H and O–H groups in total. The summed E-state index contributed by atoms with van der Waals surface area (Å²) in [5.41, 5.74) is 0.858. The predicted octanol–water partition coefficient (Wildman–Crippen LogP) is 1.87. The number of benzene rings is 1. The highest BCUT2D eigenvalue weighted by atomic mass is 19.1. The molecule has 1 saturated heterocycles. The van der Waals surface area contributed by atoms with E-state index in [2.05, 4.69) is 5.32 Å². The first-order chi connectivity index (χ1) is 6.77. The van der Waals surface area contributed by atoms with E-state index in [0.29, 0.717) is 5.75 Å². The normalized spacial score (nSPS) is 21.1. The first kappa shape index (κ1) is 9.46. The van der Waals surface area contributed by atoms with Gasteiger partial charge in [-0.3, -0.25) is 0 Å². The lowest BCUT2D eigenvalue weighted by Crippen LogP contribution is -2.20.